The molecule has 2 aromatic carbocycles. The predicted octanol–water partition coefficient (Wildman–Crippen LogP) is 8.66. The first-order chi connectivity index (χ1) is 23.6. The molecule has 11 heteroatoms. The number of halogens is 1. The molecule has 1 saturated heterocycles. The number of alkyl carbamates (subject to hydrolysis) is 1. The molecule has 2 amide bonds. The van der Waals surface area contributed by atoms with Crippen LogP contribution in [0.25, 0.3) is 33.4 Å². The molecule has 4 aliphatic rings. The lowest BCUT2D eigenvalue weighted by molar-refractivity contribution is -0.136. The summed E-state index contributed by atoms with van der Waals surface area (Å²) in [7, 11) is 1.31. The van der Waals surface area contributed by atoms with Gasteiger partial charge in [-0.15, -0.1) is 11.3 Å². The van der Waals surface area contributed by atoms with E-state index in [2.05, 4.69) is 64.3 Å². The number of piperidine rings is 1. The summed E-state index contributed by atoms with van der Waals surface area (Å²) < 4.78 is 14.0. The van der Waals surface area contributed by atoms with Gasteiger partial charge in [0.05, 0.1) is 41.1 Å². The number of aromatic nitrogens is 3. The van der Waals surface area contributed by atoms with E-state index in [4.69, 9.17) is 26.1 Å². The lowest BCUT2D eigenvalue weighted by atomic mass is 10.00. The van der Waals surface area contributed by atoms with Crippen molar-refractivity contribution in [2.45, 2.75) is 76.7 Å². The van der Waals surface area contributed by atoms with E-state index in [1.807, 2.05) is 48.4 Å². The van der Waals surface area contributed by atoms with E-state index in [1.54, 1.807) is 0 Å². The molecule has 5 heterocycles. The third-order valence-corrected chi connectivity index (χ3v) is 12.4. The number of amides is 2. The lowest BCUT2D eigenvalue weighted by Crippen LogP contribution is -2.52. The first kappa shape index (κ1) is 30.8. The Balaban J connectivity index is 1.06. The summed E-state index contributed by atoms with van der Waals surface area (Å²) in [5.74, 6) is 2.03. The minimum Gasteiger partial charge on any atom is -0.464 e. The summed E-state index contributed by atoms with van der Waals surface area (Å²) in [4.78, 5) is 39.1. The number of hydrogen-bond acceptors (Lipinski definition) is 6. The predicted molar refractivity (Wildman–Crippen MR) is 190 cm³/mol. The number of thiophene rings is 1. The highest BCUT2D eigenvalue weighted by Crippen LogP contribution is 2.63. The quantitative estimate of drug-likeness (QED) is 0.177. The van der Waals surface area contributed by atoms with Crippen molar-refractivity contribution < 1.29 is 19.1 Å². The molecule has 0 spiro atoms. The molecule has 1 unspecified atom stereocenters. The van der Waals surface area contributed by atoms with E-state index in [0.717, 1.165) is 57.8 Å². The molecular weight excluding hydrogens is 658 g/mol. The number of rotatable bonds is 7. The smallest absolute Gasteiger partial charge is 0.407 e. The van der Waals surface area contributed by atoms with E-state index >= 15 is 0 Å². The van der Waals surface area contributed by atoms with E-state index < -0.39 is 12.1 Å². The summed E-state index contributed by atoms with van der Waals surface area (Å²) in [5, 5.41) is 4.55. The van der Waals surface area contributed by atoms with Crippen LogP contribution in [0.15, 0.2) is 60.8 Å². The molecule has 252 valence electrons. The molecule has 0 bridgehead atoms. The van der Waals surface area contributed by atoms with Crippen LogP contribution >= 0.6 is 22.9 Å². The number of H-pyrrole nitrogens is 1. The minimum atomic E-state index is -0.687. The zero-order valence-electron chi connectivity index (χ0n) is 27.8. The Hall–Kier alpha value is -4.28. The molecule has 49 heavy (non-hydrogen) atoms. The largest absolute Gasteiger partial charge is 0.464 e. The molecule has 3 fully saturated rings. The molecule has 2 aliphatic heterocycles. The number of hydrogen-bond donors (Lipinski definition) is 2. The number of carbonyl (C=O) groups is 2. The average Bonchev–Trinajstić information content (AvgIpc) is 3.73. The average molecular weight is 696 g/mol. The van der Waals surface area contributed by atoms with E-state index in [0.29, 0.717) is 10.9 Å². The summed E-state index contributed by atoms with van der Waals surface area (Å²) >= 11 is 8.27. The van der Waals surface area contributed by atoms with E-state index in [-0.39, 0.29) is 35.6 Å². The molecule has 5 aromatic rings. The fourth-order valence-corrected chi connectivity index (χ4v) is 9.34. The highest BCUT2D eigenvalue weighted by atomic mass is 35.5. The number of ether oxygens (including phenoxy) is 2. The highest BCUT2D eigenvalue weighted by Gasteiger charge is 2.64. The van der Waals surface area contributed by atoms with Gasteiger partial charge in [-0.1, -0.05) is 38.4 Å². The van der Waals surface area contributed by atoms with Gasteiger partial charge in [0, 0.05) is 32.5 Å². The van der Waals surface area contributed by atoms with Gasteiger partial charge >= 0.3 is 6.09 Å². The monoisotopic (exact) mass is 695 g/mol. The maximum atomic E-state index is 14.0. The SMILES string of the molecule is COC(=O)N[C@H](C(=O)N1[C@H]2C[C@@]2(C)C[C@H]1c1ncc(-c2ccc3c(c2)OC(c2ccc(C4CC4)s2)n2c-3cc3cc(Cl)ccc32)[nH]1)C(C)C. The highest BCUT2D eigenvalue weighted by molar-refractivity contribution is 7.12. The number of imidazole rings is 1. The number of nitrogens with one attached hydrogen (secondary N) is 2. The molecule has 2 saturated carbocycles. The standard InChI is InChI=1S/C38H38ClN5O4S/c1-19(2)33(42-37(46)47-4)35(45)44-28(16-38(3)17-32(38)44)34-40-18-25(41-34)21-7-9-24-27-14-22-13-23(39)8-10-26(22)43(27)36(48-29(24)15-21)31-12-11-30(49-31)20-5-6-20/h7-15,18-20,28,32-33,36H,5-6,16-17H2,1-4H3,(H,40,41)(H,42,46)/t28-,32-,33-,36?,38+/m0/s1. The van der Waals surface area contributed by atoms with Gasteiger partial charge in [-0.25, -0.2) is 9.78 Å². The van der Waals surface area contributed by atoms with Gasteiger partial charge in [-0.3, -0.25) is 9.36 Å². The Bertz CT molecular complexity index is 2150. The zero-order valence-corrected chi connectivity index (χ0v) is 29.4. The van der Waals surface area contributed by atoms with E-state index in [9.17, 15) is 9.59 Å². The Morgan fingerprint density at radius 1 is 1.10 bits per heavy atom. The number of nitrogens with zero attached hydrogens (tertiary/aromatic N) is 3. The second kappa shape index (κ2) is 11.1. The normalized spacial score (nSPS) is 24.3. The van der Waals surface area contributed by atoms with Crippen molar-refractivity contribution in [2.75, 3.05) is 7.11 Å². The summed E-state index contributed by atoms with van der Waals surface area (Å²) in [5.41, 5.74) is 5.04. The Labute approximate surface area is 293 Å². The van der Waals surface area contributed by atoms with Crippen LogP contribution in [0.4, 0.5) is 4.79 Å². The zero-order chi connectivity index (χ0) is 33.8. The second-order valence-corrected chi connectivity index (χ2v) is 16.3. The third kappa shape index (κ3) is 5.05. The molecule has 0 radical (unpaired) electrons. The third-order valence-electron chi connectivity index (χ3n) is 10.9. The van der Waals surface area contributed by atoms with Crippen LogP contribution in [-0.4, -0.2) is 50.6 Å². The van der Waals surface area contributed by atoms with Crippen molar-refractivity contribution in [1.82, 2.24) is 24.8 Å². The van der Waals surface area contributed by atoms with Crippen LogP contribution in [0.3, 0.4) is 0 Å². The van der Waals surface area contributed by atoms with Crippen molar-refractivity contribution >= 4 is 45.8 Å². The number of methoxy groups -OCH3 is 1. The van der Waals surface area contributed by atoms with Crippen LogP contribution in [-0.2, 0) is 9.53 Å². The number of aromatic amines is 1. The Kier molecular flexibility index (Phi) is 6.98. The molecule has 9 nitrogen and oxygen atoms in total. The molecule has 3 aromatic heterocycles. The van der Waals surface area contributed by atoms with Crippen molar-refractivity contribution in [3.63, 3.8) is 0 Å². The first-order valence-corrected chi connectivity index (χ1v) is 18.2. The van der Waals surface area contributed by atoms with Crippen LogP contribution in [0, 0.1) is 11.3 Å². The molecule has 5 atom stereocenters. The molecule has 2 aliphatic carbocycles. The van der Waals surface area contributed by atoms with Gasteiger partial charge in [-0.05, 0) is 91.5 Å². The topological polar surface area (TPSA) is 101 Å². The van der Waals surface area contributed by atoms with E-state index in [1.165, 1.54) is 29.7 Å². The van der Waals surface area contributed by atoms with Crippen LogP contribution in [0.1, 0.15) is 80.2 Å². The molecule has 2 N–H and O–H groups in total. The van der Waals surface area contributed by atoms with Gasteiger partial charge in [0.15, 0.2) is 0 Å². The minimum absolute atomic E-state index is 0.0403. The maximum Gasteiger partial charge on any atom is 0.407 e. The van der Waals surface area contributed by atoms with Crippen molar-refractivity contribution in [3.05, 3.63) is 81.4 Å². The number of fused-ring (bicyclic) bond motifs is 6. The number of benzene rings is 2. The number of carbonyl (C=O) groups excluding carboxylic acids is 2. The fraction of sp³-hybridized carbons (Fsp3) is 0.395. The molecule has 9 rings (SSSR count). The van der Waals surface area contributed by atoms with Crippen molar-refractivity contribution in [1.29, 1.82) is 0 Å². The van der Waals surface area contributed by atoms with Crippen LogP contribution in [0.5, 0.6) is 5.75 Å². The van der Waals surface area contributed by atoms with Gasteiger partial charge in [0.1, 0.15) is 17.6 Å². The number of likely N-dealkylation sites (tertiary alicyclic amines) is 1. The Morgan fingerprint density at radius 3 is 2.69 bits per heavy atom. The lowest BCUT2D eigenvalue weighted by Gasteiger charge is -2.31. The van der Waals surface area contributed by atoms with Gasteiger partial charge < -0.3 is 24.7 Å². The van der Waals surface area contributed by atoms with Gasteiger partial charge in [-0.2, -0.15) is 0 Å². The van der Waals surface area contributed by atoms with Crippen molar-refractivity contribution in [2.24, 2.45) is 11.3 Å². The fourth-order valence-electron chi connectivity index (χ4n) is 7.95. The van der Waals surface area contributed by atoms with Gasteiger partial charge in [0.2, 0.25) is 12.1 Å². The Morgan fingerprint density at radius 2 is 1.92 bits per heavy atom. The maximum absolute atomic E-state index is 14.0. The summed E-state index contributed by atoms with van der Waals surface area (Å²) in [6, 6.07) is 18.2. The summed E-state index contributed by atoms with van der Waals surface area (Å²) in [6.07, 6.45) is 5.22. The molecular formula is C38H38ClN5O4S. The summed E-state index contributed by atoms with van der Waals surface area (Å²) in [6.45, 7) is 6.09. The second-order valence-electron chi connectivity index (χ2n) is 14.7. The first-order valence-electron chi connectivity index (χ1n) is 17.0. The van der Waals surface area contributed by atoms with Gasteiger partial charge in [0.25, 0.3) is 0 Å². The van der Waals surface area contributed by atoms with Crippen LogP contribution in [0.2, 0.25) is 5.02 Å². The van der Waals surface area contributed by atoms with Crippen molar-refractivity contribution in [3.8, 4) is 28.3 Å². The van der Waals surface area contributed by atoms with Crippen LogP contribution < -0.4 is 10.1 Å².